The molecule has 3 nitrogen and oxygen atoms in total. The summed E-state index contributed by atoms with van der Waals surface area (Å²) in [6.45, 7) is 4.94. The van der Waals surface area contributed by atoms with Gasteiger partial charge in [0.1, 0.15) is 0 Å². The molecule has 0 atom stereocenters. The lowest BCUT2D eigenvalue weighted by Crippen LogP contribution is -2.53. The summed E-state index contributed by atoms with van der Waals surface area (Å²) >= 11 is 3.57. The largest absolute Gasteiger partial charge is 0.304 e. The second-order valence-electron chi connectivity index (χ2n) is 7.50. The zero-order valence-corrected chi connectivity index (χ0v) is 16.3. The van der Waals surface area contributed by atoms with Crippen LogP contribution in [0.5, 0.6) is 0 Å². The molecule has 0 amide bonds. The quantitative estimate of drug-likeness (QED) is 0.796. The fraction of sp³-hybridized carbons (Fsp3) is 0.684. The first-order chi connectivity index (χ1) is 11.0. The van der Waals surface area contributed by atoms with E-state index in [1.54, 1.807) is 0 Å². The molecule has 3 rings (SSSR count). The number of halogens is 1. The molecule has 2 aliphatic rings. The summed E-state index contributed by atoms with van der Waals surface area (Å²) in [5, 5.41) is 0. The molecule has 128 valence electrons. The van der Waals surface area contributed by atoms with Crippen LogP contribution in [0, 0.1) is 0 Å². The Hall–Kier alpha value is -0.420. The monoisotopic (exact) mass is 379 g/mol. The van der Waals surface area contributed by atoms with Gasteiger partial charge in [0.05, 0.1) is 0 Å². The van der Waals surface area contributed by atoms with E-state index in [4.69, 9.17) is 0 Å². The average molecular weight is 380 g/mol. The van der Waals surface area contributed by atoms with Gasteiger partial charge in [-0.2, -0.15) is 0 Å². The molecule has 1 aliphatic heterocycles. The molecule has 1 heterocycles. The highest BCUT2D eigenvalue weighted by atomic mass is 79.9. The zero-order valence-electron chi connectivity index (χ0n) is 14.8. The topological polar surface area (TPSA) is 9.72 Å². The highest BCUT2D eigenvalue weighted by molar-refractivity contribution is 9.10. The van der Waals surface area contributed by atoms with Crippen molar-refractivity contribution in [1.29, 1.82) is 0 Å². The van der Waals surface area contributed by atoms with E-state index in [1.165, 1.54) is 61.9 Å². The minimum atomic E-state index is 0.212. The number of nitrogens with zero attached hydrogens (tertiary/aromatic N) is 3. The predicted molar refractivity (Wildman–Crippen MR) is 101 cm³/mol. The van der Waals surface area contributed by atoms with Crippen molar-refractivity contribution < 1.29 is 0 Å². The molecule has 1 saturated heterocycles. The first-order valence-electron chi connectivity index (χ1n) is 8.87. The number of benzene rings is 1. The third-order valence-corrected chi connectivity index (χ3v) is 6.60. The van der Waals surface area contributed by atoms with Crippen molar-refractivity contribution in [2.45, 2.75) is 37.3 Å². The summed E-state index contributed by atoms with van der Waals surface area (Å²) in [6, 6.07) is 9.77. The number of rotatable bonds is 3. The summed E-state index contributed by atoms with van der Waals surface area (Å²) in [5.41, 5.74) is 1.69. The second-order valence-corrected chi connectivity index (χ2v) is 8.42. The molecular formula is C19H30BrN3. The van der Waals surface area contributed by atoms with E-state index in [0.29, 0.717) is 0 Å². The van der Waals surface area contributed by atoms with E-state index in [2.05, 4.69) is 76.0 Å². The molecule has 0 aromatic heterocycles. The second kappa shape index (κ2) is 7.22. The zero-order chi connectivity index (χ0) is 16.4. The van der Waals surface area contributed by atoms with E-state index in [9.17, 15) is 0 Å². The fourth-order valence-corrected chi connectivity index (χ4v) is 4.65. The van der Waals surface area contributed by atoms with Crippen LogP contribution in [0.15, 0.2) is 28.7 Å². The van der Waals surface area contributed by atoms with E-state index in [-0.39, 0.29) is 5.54 Å². The molecule has 0 spiro atoms. The van der Waals surface area contributed by atoms with Gasteiger partial charge in [-0.15, -0.1) is 0 Å². The molecular weight excluding hydrogens is 350 g/mol. The third-order valence-electron chi connectivity index (χ3n) is 6.07. The van der Waals surface area contributed by atoms with Crippen molar-refractivity contribution in [2.24, 2.45) is 0 Å². The van der Waals surface area contributed by atoms with Crippen LogP contribution in [-0.4, -0.2) is 68.1 Å². The van der Waals surface area contributed by atoms with Crippen LogP contribution in [0.1, 0.15) is 31.2 Å². The van der Waals surface area contributed by atoms with Gasteiger partial charge < -0.3 is 4.90 Å². The molecule has 1 aliphatic carbocycles. The van der Waals surface area contributed by atoms with Crippen LogP contribution in [0.3, 0.4) is 0 Å². The highest BCUT2D eigenvalue weighted by Crippen LogP contribution is 2.42. The van der Waals surface area contributed by atoms with Crippen LogP contribution in [0.2, 0.25) is 0 Å². The van der Waals surface area contributed by atoms with Gasteiger partial charge in [0.2, 0.25) is 0 Å². The van der Waals surface area contributed by atoms with Crippen LogP contribution in [-0.2, 0) is 5.54 Å². The van der Waals surface area contributed by atoms with Gasteiger partial charge in [-0.05, 0) is 64.5 Å². The van der Waals surface area contributed by atoms with Gasteiger partial charge in [0.25, 0.3) is 0 Å². The highest BCUT2D eigenvalue weighted by Gasteiger charge is 2.40. The number of likely N-dealkylation sites (N-methyl/N-ethyl adjacent to an activating group) is 1. The van der Waals surface area contributed by atoms with Gasteiger partial charge in [-0.3, -0.25) is 9.80 Å². The lowest BCUT2D eigenvalue weighted by atomic mass is 9.73. The van der Waals surface area contributed by atoms with Crippen LogP contribution >= 0.6 is 15.9 Å². The van der Waals surface area contributed by atoms with Crippen LogP contribution in [0.25, 0.3) is 0 Å². The SMILES string of the molecule is CN1CCN(C2CCC(c3ccc(Br)cc3)(N(C)C)CC2)CC1. The molecule has 1 aromatic rings. The van der Waals surface area contributed by atoms with Gasteiger partial charge >= 0.3 is 0 Å². The molecule has 0 radical (unpaired) electrons. The summed E-state index contributed by atoms with van der Waals surface area (Å²) in [6.07, 6.45) is 5.16. The van der Waals surface area contributed by atoms with E-state index < -0.39 is 0 Å². The Morgan fingerprint density at radius 2 is 1.57 bits per heavy atom. The average Bonchev–Trinajstić information content (AvgIpc) is 2.56. The molecule has 2 fully saturated rings. The smallest absolute Gasteiger partial charge is 0.0455 e. The van der Waals surface area contributed by atoms with Crippen molar-refractivity contribution >= 4 is 15.9 Å². The molecule has 1 saturated carbocycles. The Kier molecular flexibility index (Phi) is 5.46. The van der Waals surface area contributed by atoms with Gasteiger partial charge in [-0.25, -0.2) is 0 Å². The normalized spacial score (nSPS) is 30.7. The third kappa shape index (κ3) is 3.65. The first-order valence-corrected chi connectivity index (χ1v) is 9.67. The summed E-state index contributed by atoms with van der Waals surface area (Å²) < 4.78 is 1.17. The van der Waals surface area contributed by atoms with Gasteiger partial charge in [0.15, 0.2) is 0 Å². The maximum absolute atomic E-state index is 3.57. The molecule has 23 heavy (non-hydrogen) atoms. The maximum Gasteiger partial charge on any atom is 0.0455 e. The van der Waals surface area contributed by atoms with Crippen LogP contribution in [0.4, 0.5) is 0 Å². The van der Waals surface area contributed by atoms with Gasteiger partial charge in [0, 0.05) is 42.2 Å². The van der Waals surface area contributed by atoms with E-state index in [0.717, 1.165) is 6.04 Å². The van der Waals surface area contributed by atoms with Crippen molar-refractivity contribution in [2.75, 3.05) is 47.3 Å². The Balaban J connectivity index is 1.70. The van der Waals surface area contributed by atoms with Crippen molar-refractivity contribution in [3.05, 3.63) is 34.3 Å². The molecule has 1 aromatic carbocycles. The standard InChI is InChI=1S/C19H30BrN3/c1-21(2)19(16-4-6-17(20)7-5-16)10-8-18(9-11-19)23-14-12-22(3)13-15-23/h4-7,18H,8-15H2,1-3H3. The molecule has 4 heteroatoms. The Labute approximate surface area is 149 Å². The minimum Gasteiger partial charge on any atom is -0.304 e. The molecule has 0 N–H and O–H groups in total. The summed E-state index contributed by atoms with van der Waals surface area (Å²) in [4.78, 5) is 7.64. The fourth-order valence-electron chi connectivity index (χ4n) is 4.39. The van der Waals surface area contributed by atoms with Crippen molar-refractivity contribution in [3.63, 3.8) is 0 Å². The number of hydrogen-bond acceptors (Lipinski definition) is 3. The lowest BCUT2D eigenvalue weighted by molar-refractivity contribution is 0.0314. The van der Waals surface area contributed by atoms with Crippen LogP contribution < -0.4 is 0 Å². The summed E-state index contributed by atoms with van der Waals surface area (Å²) in [7, 11) is 6.74. The minimum absolute atomic E-state index is 0.212. The maximum atomic E-state index is 3.57. The van der Waals surface area contributed by atoms with Crippen molar-refractivity contribution in [1.82, 2.24) is 14.7 Å². The Morgan fingerprint density at radius 1 is 1.00 bits per heavy atom. The van der Waals surface area contributed by atoms with Gasteiger partial charge in [-0.1, -0.05) is 28.1 Å². The summed E-state index contributed by atoms with van der Waals surface area (Å²) in [5.74, 6) is 0. The van der Waals surface area contributed by atoms with E-state index in [1.807, 2.05) is 0 Å². The lowest BCUT2D eigenvalue weighted by Gasteiger charge is -2.48. The number of piperazine rings is 1. The Morgan fingerprint density at radius 3 is 2.09 bits per heavy atom. The molecule has 0 bridgehead atoms. The Bertz CT molecular complexity index is 498. The number of hydrogen-bond donors (Lipinski definition) is 0. The first kappa shape index (κ1) is 17.4. The predicted octanol–water partition coefficient (Wildman–Crippen LogP) is 3.40. The molecule has 0 unspecified atom stereocenters. The van der Waals surface area contributed by atoms with E-state index >= 15 is 0 Å². The van der Waals surface area contributed by atoms with Crippen molar-refractivity contribution in [3.8, 4) is 0 Å².